The number of aliphatic imine (C=N–C) groups is 1. The second-order valence-electron chi connectivity index (χ2n) is 6.44. The van der Waals surface area contributed by atoms with Crippen LogP contribution in [-0.4, -0.2) is 50.2 Å². The van der Waals surface area contributed by atoms with Crippen LogP contribution in [0.3, 0.4) is 0 Å². The van der Waals surface area contributed by atoms with Crippen LogP contribution in [0, 0.1) is 0 Å². The second kappa shape index (κ2) is 10.3. The Morgan fingerprint density at radius 3 is 2.59 bits per heavy atom. The minimum absolute atomic E-state index is 0. The van der Waals surface area contributed by atoms with Crippen LogP contribution in [0.15, 0.2) is 47.5 Å². The smallest absolute Gasteiger partial charge is 0.409 e. The number of ether oxygens (including phenoxy) is 1. The van der Waals surface area contributed by atoms with Gasteiger partial charge >= 0.3 is 6.09 Å². The number of guanidine groups is 1. The van der Waals surface area contributed by atoms with Gasteiger partial charge in [-0.1, -0.05) is 42.5 Å². The topological polar surface area (TPSA) is 66.0 Å². The minimum atomic E-state index is -0.248. The molecule has 6 nitrogen and oxygen atoms in total. The largest absolute Gasteiger partial charge is 0.453 e. The van der Waals surface area contributed by atoms with E-state index in [0.29, 0.717) is 25.7 Å². The highest BCUT2D eigenvalue weighted by Crippen LogP contribution is 2.18. The van der Waals surface area contributed by atoms with Crippen LogP contribution in [0.1, 0.15) is 18.4 Å². The van der Waals surface area contributed by atoms with Gasteiger partial charge < -0.3 is 20.3 Å². The summed E-state index contributed by atoms with van der Waals surface area (Å²) in [5, 5.41) is 9.36. The summed E-state index contributed by atoms with van der Waals surface area (Å²) in [7, 11) is 3.20. The number of piperidine rings is 1. The Morgan fingerprint density at radius 2 is 1.89 bits per heavy atom. The van der Waals surface area contributed by atoms with Gasteiger partial charge in [0.05, 0.1) is 7.11 Å². The number of hydrogen-bond acceptors (Lipinski definition) is 3. The van der Waals surface area contributed by atoms with Crippen molar-refractivity contribution >= 4 is 46.8 Å². The van der Waals surface area contributed by atoms with Gasteiger partial charge in [0, 0.05) is 32.7 Å². The number of likely N-dealkylation sites (tertiary alicyclic amines) is 1. The standard InChI is InChI=1S/C20H26N4O2.HI/c1-21-19(23-17-10-12-24(13-11-17)20(25)26-2)22-14-16-8-5-7-15-6-3-4-9-18(15)16;/h3-9,17H,10-14H2,1-2H3,(H2,21,22,23);1H. The van der Waals surface area contributed by atoms with Crippen molar-refractivity contribution < 1.29 is 9.53 Å². The predicted molar refractivity (Wildman–Crippen MR) is 120 cm³/mol. The van der Waals surface area contributed by atoms with E-state index < -0.39 is 0 Å². The fraction of sp³-hybridized carbons (Fsp3) is 0.400. The van der Waals surface area contributed by atoms with Crippen molar-refractivity contribution in [3.63, 3.8) is 0 Å². The highest BCUT2D eigenvalue weighted by atomic mass is 127. The molecule has 0 aliphatic carbocycles. The Kier molecular flexibility index (Phi) is 8.15. The van der Waals surface area contributed by atoms with E-state index in [0.717, 1.165) is 18.8 Å². The third kappa shape index (κ3) is 5.47. The maximum Gasteiger partial charge on any atom is 0.409 e. The molecule has 0 radical (unpaired) electrons. The zero-order chi connectivity index (χ0) is 18.4. The van der Waals surface area contributed by atoms with Crippen LogP contribution in [0.5, 0.6) is 0 Å². The Morgan fingerprint density at radius 1 is 1.19 bits per heavy atom. The van der Waals surface area contributed by atoms with Crippen LogP contribution in [0.2, 0.25) is 0 Å². The molecule has 3 rings (SSSR count). The molecular weight excluding hydrogens is 455 g/mol. The molecule has 0 spiro atoms. The van der Waals surface area contributed by atoms with E-state index in [9.17, 15) is 4.79 Å². The number of halogens is 1. The molecule has 1 aliphatic rings. The number of benzene rings is 2. The van der Waals surface area contributed by atoms with E-state index in [2.05, 4.69) is 58.1 Å². The highest BCUT2D eigenvalue weighted by molar-refractivity contribution is 14.0. The molecule has 7 heteroatoms. The van der Waals surface area contributed by atoms with Gasteiger partial charge in [-0.2, -0.15) is 0 Å². The molecule has 1 saturated heterocycles. The van der Waals surface area contributed by atoms with E-state index in [1.54, 1.807) is 11.9 Å². The van der Waals surface area contributed by atoms with Crippen molar-refractivity contribution in [2.45, 2.75) is 25.4 Å². The predicted octanol–water partition coefficient (Wildman–Crippen LogP) is 3.35. The first-order valence-electron chi connectivity index (χ1n) is 8.98. The molecule has 146 valence electrons. The molecule has 0 unspecified atom stereocenters. The van der Waals surface area contributed by atoms with E-state index in [4.69, 9.17) is 4.74 Å². The van der Waals surface area contributed by atoms with Crippen molar-refractivity contribution in [1.29, 1.82) is 0 Å². The summed E-state index contributed by atoms with van der Waals surface area (Å²) < 4.78 is 4.78. The van der Waals surface area contributed by atoms with Gasteiger partial charge in [0.2, 0.25) is 0 Å². The zero-order valence-electron chi connectivity index (χ0n) is 15.8. The first-order valence-corrected chi connectivity index (χ1v) is 8.98. The van der Waals surface area contributed by atoms with Gasteiger partial charge in [0.1, 0.15) is 0 Å². The third-order valence-corrected chi connectivity index (χ3v) is 4.82. The Hall–Kier alpha value is -2.03. The van der Waals surface area contributed by atoms with E-state index in [1.165, 1.54) is 23.4 Å². The molecule has 27 heavy (non-hydrogen) atoms. The lowest BCUT2D eigenvalue weighted by atomic mass is 10.0. The zero-order valence-corrected chi connectivity index (χ0v) is 18.1. The molecule has 1 aliphatic heterocycles. The third-order valence-electron chi connectivity index (χ3n) is 4.82. The quantitative estimate of drug-likeness (QED) is 0.400. The minimum Gasteiger partial charge on any atom is -0.453 e. The molecule has 0 aromatic heterocycles. The van der Waals surface area contributed by atoms with E-state index in [1.807, 2.05) is 0 Å². The first-order chi connectivity index (χ1) is 12.7. The fourth-order valence-corrected chi connectivity index (χ4v) is 3.35. The van der Waals surface area contributed by atoms with Gasteiger partial charge in [0.25, 0.3) is 0 Å². The number of fused-ring (bicyclic) bond motifs is 1. The number of rotatable bonds is 3. The lowest BCUT2D eigenvalue weighted by Gasteiger charge is -2.32. The maximum absolute atomic E-state index is 11.6. The van der Waals surface area contributed by atoms with Gasteiger partial charge in [0.15, 0.2) is 5.96 Å². The van der Waals surface area contributed by atoms with Crippen molar-refractivity contribution in [3.05, 3.63) is 48.0 Å². The molecule has 0 atom stereocenters. The molecule has 1 fully saturated rings. The highest BCUT2D eigenvalue weighted by Gasteiger charge is 2.23. The number of amides is 1. The molecule has 1 amide bonds. The molecule has 0 bridgehead atoms. The summed E-state index contributed by atoms with van der Waals surface area (Å²) in [5.74, 6) is 0.787. The molecule has 2 N–H and O–H groups in total. The van der Waals surface area contributed by atoms with Crippen molar-refractivity contribution in [2.75, 3.05) is 27.2 Å². The second-order valence-corrected chi connectivity index (χ2v) is 6.44. The van der Waals surface area contributed by atoms with Crippen LogP contribution >= 0.6 is 24.0 Å². The van der Waals surface area contributed by atoms with Crippen molar-refractivity contribution in [3.8, 4) is 0 Å². The van der Waals surface area contributed by atoms with Gasteiger partial charge in [-0.25, -0.2) is 4.79 Å². The molecule has 2 aromatic carbocycles. The number of nitrogens with zero attached hydrogens (tertiary/aromatic N) is 2. The summed E-state index contributed by atoms with van der Waals surface area (Å²) in [6, 6.07) is 15.0. The number of nitrogens with one attached hydrogen (secondary N) is 2. The van der Waals surface area contributed by atoms with Gasteiger partial charge in [-0.15, -0.1) is 24.0 Å². The van der Waals surface area contributed by atoms with Crippen molar-refractivity contribution in [2.24, 2.45) is 4.99 Å². The van der Waals surface area contributed by atoms with Crippen molar-refractivity contribution in [1.82, 2.24) is 15.5 Å². The first kappa shape index (κ1) is 21.3. The number of carbonyl (C=O) groups is 1. The van der Waals surface area contributed by atoms with Crippen LogP contribution < -0.4 is 10.6 Å². The Balaban J connectivity index is 0.00000261. The van der Waals surface area contributed by atoms with Crippen LogP contribution in [0.25, 0.3) is 10.8 Å². The lowest BCUT2D eigenvalue weighted by molar-refractivity contribution is 0.111. The number of methoxy groups -OCH3 is 1. The summed E-state index contributed by atoms with van der Waals surface area (Å²) >= 11 is 0. The molecule has 1 heterocycles. The normalized spacial score (nSPS) is 15.2. The summed E-state index contributed by atoms with van der Waals surface area (Å²) in [6.07, 6.45) is 1.51. The maximum atomic E-state index is 11.6. The van der Waals surface area contributed by atoms with Gasteiger partial charge in [-0.3, -0.25) is 4.99 Å². The average Bonchev–Trinajstić information content (AvgIpc) is 2.71. The summed E-state index contributed by atoms with van der Waals surface area (Å²) in [6.45, 7) is 2.11. The Labute approximate surface area is 177 Å². The monoisotopic (exact) mass is 482 g/mol. The molecule has 0 saturated carbocycles. The number of hydrogen-bond donors (Lipinski definition) is 2. The lowest BCUT2D eigenvalue weighted by Crippen LogP contribution is -2.49. The summed E-state index contributed by atoms with van der Waals surface area (Å²) in [4.78, 5) is 17.6. The van der Waals surface area contributed by atoms with Gasteiger partial charge in [-0.05, 0) is 29.2 Å². The molecule has 2 aromatic rings. The Bertz CT molecular complexity index is 783. The number of carbonyl (C=O) groups excluding carboxylic acids is 1. The summed E-state index contributed by atoms with van der Waals surface area (Å²) in [5.41, 5.74) is 1.24. The SMILES string of the molecule is CN=C(NCc1cccc2ccccc12)NC1CCN(C(=O)OC)CC1.I. The van der Waals surface area contributed by atoms with Crippen LogP contribution in [0.4, 0.5) is 4.79 Å². The average molecular weight is 482 g/mol. The molecular formula is C20H27IN4O2. The van der Waals surface area contributed by atoms with E-state index >= 15 is 0 Å². The van der Waals surface area contributed by atoms with Crippen LogP contribution in [-0.2, 0) is 11.3 Å². The fourth-order valence-electron chi connectivity index (χ4n) is 3.35. The van der Waals surface area contributed by atoms with E-state index in [-0.39, 0.29) is 30.1 Å².